The lowest BCUT2D eigenvalue weighted by Crippen LogP contribution is -2.37. The second-order valence-corrected chi connectivity index (χ2v) is 5.21. The molecular weight excluding hydrogens is 228 g/mol. The molecule has 2 atom stereocenters. The summed E-state index contributed by atoms with van der Waals surface area (Å²) in [6.45, 7) is 2.11. The second kappa shape index (κ2) is 5.08. The summed E-state index contributed by atoms with van der Waals surface area (Å²) in [5.74, 6) is 2.53. The van der Waals surface area contributed by atoms with Crippen molar-refractivity contribution in [2.45, 2.75) is 64.0 Å². The zero-order chi connectivity index (χ0) is 12.4. The fourth-order valence-corrected chi connectivity index (χ4v) is 2.81. The summed E-state index contributed by atoms with van der Waals surface area (Å²) in [6, 6.07) is 1.03. The molecule has 0 bridgehead atoms. The van der Waals surface area contributed by atoms with Gasteiger partial charge in [-0.1, -0.05) is 24.9 Å². The predicted molar refractivity (Wildman–Crippen MR) is 68.6 cm³/mol. The first-order chi connectivity index (χ1) is 8.85. The van der Waals surface area contributed by atoms with E-state index in [1.165, 1.54) is 25.7 Å². The molecule has 1 aliphatic heterocycles. The number of rotatable bonds is 4. The number of fused-ring (bicyclic) bond motifs is 1. The van der Waals surface area contributed by atoms with Crippen LogP contribution in [-0.2, 0) is 12.8 Å². The van der Waals surface area contributed by atoms with Crippen LogP contribution in [0.15, 0.2) is 9.52 Å². The van der Waals surface area contributed by atoms with Crippen molar-refractivity contribution in [2.75, 3.05) is 0 Å². The highest BCUT2D eigenvalue weighted by Crippen LogP contribution is 2.25. The molecule has 1 aromatic rings. The van der Waals surface area contributed by atoms with Gasteiger partial charge in [-0.2, -0.15) is 4.98 Å². The van der Waals surface area contributed by atoms with Crippen LogP contribution in [0.25, 0.3) is 0 Å². The number of nitrogens with one attached hydrogen (secondary N) is 1. The number of aliphatic imine (C=N–C) groups is 1. The predicted octanol–water partition coefficient (Wildman–Crippen LogP) is 1.88. The first-order valence-electron chi connectivity index (χ1n) is 7.00. The van der Waals surface area contributed by atoms with E-state index >= 15 is 0 Å². The van der Waals surface area contributed by atoms with E-state index in [4.69, 9.17) is 9.52 Å². The van der Waals surface area contributed by atoms with Gasteiger partial charge in [0.05, 0.1) is 12.5 Å². The van der Waals surface area contributed by atoms with Crippen LogP contribution in [0, 0.1) is 0 Å². The van der Waals surface area contributed by atoms with Gasteiger partial charge in [0.25, 0.3) is 0 Å². The average Bonchev–Trinajstić information content (AvgIpc) is 2.96. The number of aryl methyl sites for hydroxylation is 1. The van der Waals surface area contributed by atoms with Gasteiger partial charge in [0.2, 0.25) is 5.89 Å². The monoisotopic (exact) mass is 248 g/mol. The van der Waals surface area contributed by atoms with E-state index in [0.717, 1.165) is 30.4 Å². The fourth-order valence-electron chi connectivity index (χ4n) is 2.81. The summed E-state index contributed by atoms with van der Waals surface area (Å²) in [7, 11) is 0. The lowest BCUT2D eigenvalue weighted by Gasteiger charge is -2.23. The van der Waals surface area contributed by atoms with Crippen LogP contribution in [-0.4, -0.2) is 28.1 Å². The van der Waals surface area contributed by atoms with E-state index in [-0.39, 0.29) is 0 Å². The maximum absolute atomic E-state index is 5.19. The molecule has 1 aromatic heterocycles. The molecule has 0 amide bonds. The third-order valence-corrected chi connectivity index (χ3v) is 3.70. The van der Waals surface area contributed by atoms with Crippen LogP contribution in [0.5, 0.6) is 0 Å². The first kappa shape index (κ1) is 11.7. The highest BCUT2D eigenvalue weighted by molar-refractivity contribution is 5.86. The van der Waals surface area contributed by atoms with E-state index in [9.17, 15) is 0 Å². The van der Waals surface area contributed by atoms with E-state index in [2.05, 4.69) is 22.4 Å². The Morgan fingerprint density at radius 2 is 2.22 bits per heavy atom. The second-order valence-electron chi connectivity index (χ2n) is 5.21. The Kier molecular flexibility index (Phi) is 3.30. The molecule has 98 valence electrons. The third-order valence-electron chi connectivity index (χ3n) is 3.70. The summed E-state index contributed by atoms with van der Waals surface area (Å²) in [6.07, 6.45) is 7.66. The van der Waals surface area contributed by atoms with Gasteiger partial charge < -0.3 is 9.84 Å². The number of amidine groups is 1. The molecule has 2 heterocycles. The minimum atomic E-state index is 0.482. The zero-order valence-electron chi connectivity index (χ0n) is 10.9. The van der Waals surface area contributed by atoms with Gasteiger partial charge in [-0.3, -0.25) is 4.99 Å². The standard InChI is InChI=1S/C13H20N4O/c1-2-5-13-16-12(17-18-13)8-11-14-9-6-3-4-7-10(9)15-11/h9-10H,2-8H2,1H3,(H,14,15). The van der Waals surface area contributed by atoms with E-state index < -0.39 is 0 Å². The van der Waals surface area contributed by atoms with Crippen LogP contribution >= 0.6 is 0 Å². The third kappa shape index (κ3) is 2.40. The molecule has 1 saturated carbocycles. The number of nitrogens with zero attached hydrogens (tertiary/aromatic N) is 3. The highest BCUT2D eigenvalue weighted by atomic mass is 16.5. The summed E-state index contributed by atoms with van der Waals surface area (Å²) in [5, 5.41) is 7.52. The molecule has 2 unspecified atom stereocenters. The van der Waals surface area contributed by atoms with E-state index in [1.54, 1.807) is 0 Å². The summed E-state index contributed by atoms with van der Waals surface area (Å²) in [5.41, 5.74) is 0. The normalized spacial score (nSPS) is 26.6. The molecule has 2 aliphatic rings. The number of hydrogen-bond donors (Lipinski definition) is 1. The van der Waals surface area contributed by atoms with Gasteiger partial charge in [-0.25, -0.2) is 0 Å². The van der Waals surface area contributed by atoms with Crippen molar-refractivity contribution in [1.82, 2.24) is 15.5 Å². The van der Waals surface area contributed by atoms with Gasteiger partial charge in [0.1, 0.15) is 5.84 Å². The van der Waals surface area contributed by atoms with Crippen molar-refractivity contribution >= 4 is 5.84 Å². The van der Waals surface area contributed by atoms with Gasteiger partial charge in [0.15, 0.2) is 5.82 Å². The summed E-state index contributed by atoms with van der Waals surface area (Å²) in [4.78, 5) is 9.13. The van der Waals surface area contributed by atoms with Crippen LogP contribution in [0.1, 0.15) is 50.7 Å². The topological polar surface area (TPSA) is 63.3 Å². The Bertz CT molecular complexity index is 440. The molecule has 5 heteroatoms. The molecule has 18 heavy (non-hydrogen) atoms. The zero-order valence-corrected chi connectivity index (χ0v) is 10.9. The largest absolute Gasteiger partial charge is 0.369 e. The molecule has 0 spiro atoms. The Hall–Kier alpha value is -1.39. The van der Waals surface area contributed by atoms with E-state index in [1.807, 2.05) is 0 Å². The summed E-state index contributed by atoms with van der Waals surface area (Å²) < 4.78 is 5.19. The molecule has 1 fully saturated rings. The van der Waals surface area contributed by atoms with Crippen molar-refractivity contribution in [3.63, 3.8) is 0 Å². The van der Waals surface area contributed by atoms with Gasteiger partial charge in [-0.15, -0.1) is 0 Å². The van der Waals surface area contributed by atoms with Crippen LogP contribution in [0.2, 0.25) is 0 Å². The van der Waals surface area contributed by atoms with Crippen LogP contribution in [0.3, 0.4) is 0 Å². The van der Waals surface area contributed by atoms with Crippen molar-refractivity contribution in [3.05, 3.63) is 11.7 Å². The van der Waals surface area contributed by atoms with Crippen molar-refractivity contribution in [3.8, 4) is 0 Å². The van der Waals surface area contributed by atoms with E-state index in [0.29, 0.717) is 18.5 Å². The molecule has 1 N–H and O–H groups in total. The molecule has 5 nitrogen and oxygen atoms in total. The Morgan fingerprint density at radius 1 is 1.33 bits per heavy atom. The fraction of sp³-hybridized carbons (Fsp3) is 0.769. The highest BCUT2D eigenvalue weighted by Gasteiger charge is 2.30. The Labute approximate surface area is 107 Å². The smallest absolute Gasteiger partial charge is 0.226 e. The van der Waals surface area contributed by atoms with Crippen LogP contribution in [0.4, 0.5) is 0 Å². The first-order valence-corrected chi connectivity index (χ1v) is 7.00. The number of aromatic nitrogens is 2. The lowest BCUT2D eigenvalue weighted by atomic mass is 9.92. The summed E-state index contributed by atoms with van der Waals surface area (Å²) >= 11 is 0. The molecular formula is C13H20N4O. The average molecular weight is 248 g/mol. The lowest BCUT2D eigenvalue weighted by molar-refractivity contribution is 0.373. The molecule has 0 aromatic carbocycles. The maximum atomic E-state index is 5.19. The van der Waals surface area contributed by atoms with Gasteiger partial charge in [0, 0.05) is 12.5 Å². The van der Waals surface area contributed by atoms with Crippen molar-refractivity contribution in [1.29, 1.82) is 0 Å². The Morgan fingerprint density at radius 3 is 3.06 bits per heavy atom. The van der Waals surface area contributed by atoms with Crippen LogP contribution < -0.4 is 5.32 Å². The maximum Gasteiger partial charge on any atom is 0.226 e. The Balaban J connectivity index is 1.62. The van der Waals surface area contributed by atoms with Crippen molar-refractivity contribution < 1.29 is 4.52 Å². The minimum absolute atomic E-state index is 0.482. The molecule has 3 rings (SSSR count). The quantitative estimate of drug-likeness (QED) is 0.883. The number of hydrogen-bond acceptors (Lipinski definition) is 5. The molecule has 0 radical (unpaired) electrons. The molecule has 0 saturated heterocycles. The SMILES string of the molecule is CCCc1nc(CC2=NC3CCCCC3N2)no1. The van der Waals surface area contributed by atoms with Crippen molar-refractivity contribution in [2.24, 2.45) is 4.99 Å². The molecule has 1 aliphatic carbocycles. The minimum Gasteiger partial charge on any atom is -0.369 e. The van der Waals surface area contributed by atoms with Gasteiger partial charge in [-0.05, 0) is 19.3 Å². The van der Waals surface area contributed by atoms with Gasteiger partial charge >= 0.3 is 0 Å².